The van der Waals surface area contributed by atoms with Crippen molar-refractivity contribution in [1.29, 1.82) is 0 Å². The van der Waals surface area contributed by atoms with E-state index in [0.717, 1.165) is 11.1 Å². The molecule has 4 aromatic rings. The lowest BCUT2D eigenvalue weighted by atomic mass is 10.1. The minimum Gasteiger partial charge on any atom is -0.474 e. The Hall–Kier alpha value is -3.86. The molecule has 1 heterocycles. The van der Waals surface area contributed by atoms with E-state index in [4.69, 9.17) is 13.9 Å². The molecule has 0 spiro atoms. The predicted molar refractivity (Wildman–Crippen MR) is 114 cm³/mol. The Labute approximate surface area is 173 Å². The molecular formula is C25H20O5. The number of benzene rings is 3. The van der Waals surface area contributed by atoms with Gasteiger partial charge in [0.1, 0.15) is 12.2 Å². The number of rotatable bonds is 6. The zero-order chi connectivity index (χ0) is 20.9. The van der Waals surface area contributed by atoms with Gasteiger partial charge in [-0.05, 0) is 24.6 Å². The molecule has 0 fully saturated rings. The highest BCUT2D eigenvalue weighted by atomic mass is 16.6. The Morgan fingerprint density at radius 2 is 1.60 bits per heavy atom. The van der Waals surface area contributed by atoms with Crippen molar-refractivity contribution >= 4 is 16.9 Å². The summed E-state index contributed by atoms with van der Waals surface area (Å²) in [6.07, 6.45) is 0. The highest BCUT2D eigenvalue weighted by molar-refractivity contribution is 5.82. The van der Waals surface area contributed by atoms with E-state index >= 15 is 0 Å². The maximum absolute atomic E-state index is 13.0. The molecule has 0 amide bonds. The monoisotopic (exact) mass is 400 g/mol. The van der Waals surface area contributed by atoms with E-state index in [9.17, 15) is 9.59 Å². The average Bonchev–Trinajstić information content (AvgIpc) is 2.78. The molecule has 0 saturated carbocycles. The lowest BCUT2D eigenvalue weighted by molar-refractivity contribution is -0.147. The molecule has 0 unspecified atom stereocenters. The van der Waals surface area contributed by atoms with E-state index in [1.54, 1.807) is 24.3 Å². The van der Waals surface area contributed by atoms with Gasteiger partial charge >= 0.3 is 5.97 Å². The lowest BCUT2D eigenvalue weighted by Gasteiger charge is -2.12. The molecule has 0 aliphatic heterocycles. The van der Waals surface area contributed by atoms with Crippen molar-refractivity contribution < 1.29 is 18.7 Å². The van der Waals surface area contributed by atoms with E-state index in [0.29, 0.717) is 16.5 Å². The topological polar surface area (TPSA) is 65.7 Å². The number of carbonyl (C=O) groups is 1. The summed E-state index contributed by atoms with van der Waals surface area (Å²) in [6, 6.07) is 23.8. The van der Waals surface area contributed by atoms with Crippen molar-refractivity contribution in [3.63, 3.8) is 0 Å². The number of esters is 1. The molecule has 0 radical (unpaired) electrons. The molecule has 0 aliphatic rings. The van der Waals surface area contributed by atoms with Crippen LogP contribution < -0.4 is 10.2 Å². The first kappa shape index (κ1) is 19.5. The van der Waals surface area contributed by atoms with Crippen LogP contribution in [0.4, 0.5) is 0 Å². The number of hydrogen-bond acceptors (Lipinski definition) is 5. The van der Waals surface area contributed by atoms with Crippen molar-refractivity contribution in [2.45, 2.75) is 13.5 Å². The van der Waals surface area contributed by atoms with Crippen LogP contribution in [0.25, 0.3) is 22.3 Å². The average molecular weight is 400 g/mol. The Morgan fingerprint density at radius 3 is 2.37 bits per heavy atom. The molecule has 4 rings (SSSR count). The Kier molecular flexibility index (Phi) is 5.61. The van der Waals surface area contributed by atoms with Gasteiger partial charge < -0.3 is 13.9 Å². The van der Waals surface area contributed by atoms with E-state index in [1.807, 2.05) is 61.5 Å². The van der Waals surface area contributed by atoms with Crippen molar-refractivity contribution in [2.24, 2.45) is 0 Å². The zero-order valence-corrected chi connectivity index (χ0v) is 16.5. The van der Waals surface area contributed by atoms with Crippen molar-refractivity contribution in [3.05, 3.63) is 100 Å². The fourth-order valence-corrected chi connectivity index (χ4v) is 3.06. The molecule has 5 nitrogen and oxygen atoms in total. The first-order valence-corrected chi connectivity index (χ1v) is 9.57. The van der Waals surface area contributed by atoms with Crippen LogP contribution in [0.2, 0.25) is 0 Å². The zero-order valence-electron chi connectivity index (χ0n) is 16.5. The highest BCUT2D eigenvalue weighted by Gasteiger charge is 2.19. The fraction of sp³-hybridized carbons (Fsp3) is 0.120. The molecule has 0 aliphatic carbocycles. The standard InChI is InChI=1S/C25H20O5/c1-17-11-13-19(14-12-17)24-25(23(27)20-9-5-6-10-21(20)30-24)29-16-22(26)28-15-18-7-3-2-4-8-18/h2-14H,15-16H2,1H3. The Balaban J connectivity index is 1.61. The van der Waals surface area contributed by atoms with Crippen LogP contribution in [-0.4, -0.2) is 12.6 Å². The molecule has 30 heavy (non-hydrogen) atoms. The predicted octanol–water partition coefficient (Wildman–Crippen LogP) is 4.89. The molecule has 0 N–H and O–H groups in total. The van der Waals surface area contributed by atoms with Gasteiger partial charge in [0.25, 0.3) is 0 Å². The number of para-hydroxylation sites is 1. The van der Waals surface area contributed by atoms with E-state index in [-0.39, 0.29) is 23.5 Å². The van der Waals surface area contributed by atoms with Gasteiger partial charge in [-0.1, -0.05) is 72.3 Å². The van der Waals surface area contributed by atoms with Gasteiger partial charge in [-0.25, -0.2) is 4.79 Å². The molecule has 1 aromatic heterocycles. The van der Waals surface area contributed by atoms with Crippen molar-refractivity contribution in [3.8, 4) is 17.1 Å². The third-order valence-corrected chi connectivity index (χ3v) is 4.65. The van der Waals surface area contributed by atoms with Crippen LogP contribution >= 0.6 is 0 Å². The summed E-state index contributed by atoms with van der Waals surface area (Å²) >= 11 is 0. The summed E-state index contributed by atoms with van der Waals surface area (Å²) in [7, 11) is 0. The van der Waals surface area contributed by atoms with E-state index in [2.05, 4.69) is 0 Å². The summed E-state index contributed by atoms with van der Waals surface area (Å²) in [5.74, 6) is -0.287. The van der Waals surface area contributed by atoms with Crippen molar-refractivity contribution in [1.82, 2.24) is 0 Å². The Bertz CT molecular complexity index is 1220. The van der Waals surface area contributed by atoms with Crippen LogP contribution in [0, 0.1) is 6.92 Å². The Morgan fingerprint density at radius 1 is 0.900 bits per heavy atom. The summed E-state index contributed by atoms with van der Waals surface area (Å²) in [6.45, 7) is 1.72. The first-order valence-electron chi connectivity index (χ1n) is 9.57. The summed E-state index contributed by atoms with van der Waals surface area (Å²) < 4.78 is 16.9. The van der Waals surface area contributed by atoms with Crippen LogP contribution in [0.3, 0.4) is 0 Å². The second-order valence-corrected chi connectivity index (χ2v) is 6.89. The number of ether oxygens (including phenoxy) is 2. The smallest absolute Gasteiger partial charge is 0.344 e. The van der Waals surface area contributed by atoms with Crippen molar-refractivity contribution in [2.75, 3.05) is 6.61 Å². The number of aryl methyl sites for hydroxylation is 1. The third-order valence-electron chi connectivity index (χ3n) is 4.65. The van der Waals surface area contributed by atoms with Gasteiger partial charge in [0.2, 0.25) is 11.2 Å². The van der Waals surface area contributed by atoms with Crippen LogP contribution in [0.15, 0.2) is 88.1 Å². The van der Waals surface area contributed by atoms with Gasteiger partial charge in [0, 0.05) is 5.56 Å². The van der Waals surface area contributed by atoms with E-state index in [1.165, 1.54) is 0 Å². The van der Waals surface area contributed by atoms with Crippen LogP contribution in [0.1, 0.15) is 11.1 Å². The normalized spacial score (nSPS) is 10.7. The van der Waals surface area contributed by atoms with Crippen LogP contribution in [0.5, 0.6) is 5.75 Å². The highest BCUT2D eigenvalue weighted by Crippen LogP contribution is 2.31. The maximum Gasteiger partial charge on any atom is 0.344 e. The van der Waals surface area contributed by atoms with Crippen LogP contribution in [-0.2, 0) is 16.1 Å². The molecule has 150 valence electrons. The molecule has 0 atom stereocenters. The minimum atomic E-state index is -0.568. The fourth-order valence-electron chi connectivity index (χ4n) is 3.06. The molecule has 5 heteroatoms. The van der Waals surface area contributed by atoms with Gasteiger partial charge in [-0.3, -0.25) is 4.79 Å². The number of hydrogen-bond donors (Lipinski definition) is 0. The second-order valence-electron chi connectivity index (χ2n) is 6.89. The van der Waals surface area contributed by atoms with Gasteiger partial charge in [-0.15, -0.1) is 0 Å². The largest absolute Gasteiger partial charge is 0.474 e. The summed E-state index contributed by atoms with van der Waals surface area (Å²) in [4.78, 5) is 25.2. The maximum atomic E-state index is 13.0. The minimum absolute atomic E-state index is 0.00536. The van der Waals surface area contributed by atoms with Gasteiger partial charge in [0.05, 0.1) is 5.39 Å². The van der Waals surface area contributed by atoms with E-state index < -0.39 is 12.6 Å². The first-order chi connectivity index (χ1) is 14.6. The number of carbonyl (C=O) groups excluding carboxylic acids is 1. The SMILES string of the molecule is Cc1ccc(-c2oc3ccccc3c(=O)c2OCC(=O)OCc2ccccc2)cc1. The second kappa shape index (κ2) is 8.66. The number of fused-ring (bicyclic) bond motifs is 1. The molecule has 3 aromatic carbocycles. The molecule has 0 bridgehead atoms. The molecular weight excluding hydrogens is 380 g/mol. The quantitative estimate of drug-likeness (QED) is 0.431. The summed E-state index contributed by atoms with van der Waals surface area (Å²) in [5.41, 5.74) is 2.77. The third kappa shape index (κ3) is 4.25. The molecule has 0 saturated heterocycles. The lowest BCUT2D eigenvalue weighted by Crippen LogP contribution is -2.18. The van der Waals surface area contributed by atoms with Gasteiger partial charge in [0.15, 0.2) is 12.4 Å². The van der Waals surface area contributed by atoms with Gasteiger partial charge in [-0.2, -0.15) is 0 Å². The summed E-state index contributed by atoms with van der Waals surface area (Å²) in [5, 5.41) is 0.390.